The molecule has 1 aromatic carbocycles. The number of benzene rings is 1. The number of nitrogen functional groups attached to an aromatic ring is 1. The Labute approximate surface area is 112 Å². The molecule has 0 amide bonds. The zero-order chi connectivity index (χ0) is 13.5. The largest absolute Gasteiger partial charge is 0.492 e. The summed E-state index contributed by atoms with van der Waals surface area (Å²) >= 11 is 0. The van der Waals surface area contributed by atoms with Gasteiger partial charge in [-0.3, -0.25) is 0 Å². The Balaban J connectivity index is 1.75. The van der Waals surface area contributed by atoms with Crippen molar-refractivity contribution in [2.75, 3.05) is 24.2 Å². The number of nitrogens with zero attached hydrogens (tertiary/aromatic N) is 2. The lowest BCUT2D eigenvalue weighted by Gasteiger charge is -2.08. The number of rotatable bonds is 6. The van der Waals surface area contributed by atoms with Gasteiger partial charge in [-0.15, -0.1) is 0 Å². The fourth-order valence-electron chi connectivity index (χ4n) is 1.60. The molecule has 0 bridgehead atoms. The Hall–Kier alpha value is -2.30. The molecule has 0 atom stereocenters. The first-order valence-corrected chi connectivity index (χ1v) is 6.31. The van der Waals surface area contributed by atoms with E-state index in [1.807, 2.05) is 30.3 Å². The summed E-state index contributed by atoms with van der Waals surface area (Å²) in [6.07, 6.45) is 2.47. The maximum absolute atomic E-state index is 5.60. The molecule has 2 aromatic rings. The zero-order valence-corrected chi connectivity index (χ0v) is 11.0. The van der Waals surface area contributed by atoms with E-state index in [4.69, 9.17) is 10.5 Å². The Kier molecular flexibility index (Phi) is 4.55. The van der Waals surface area contributed by atoms with Crippen LogP contribution in [0.2, 0.25) is 0 Å². The smallest absolute Gasteiger partial charge is 0.129 e. The Morgan fingerprint density at radius 3 is 2.74 bits per heavy atom. The average molecular weight is 258 g/mol. The highest BCUT2D eigenvalue weighted by Gasteiger charge is 1.97. The van der Waals surface area contributed by atoms with Crippen molar-refractivity contribution in [1.82, 2.24) is 9.97 Å². The van der Waals surface area contributed by atoms with Crippen molar-refractivity contribution in [2.24, 2.45) is 0 Å². The van der Waals surface area contributed by atoms with E-state index in [9.17, 15) is 0 Å². The lowest BCUT2D eigenvalue weighted by atomic mass is 10.3. The van der Waals surface area contributed by atoms with Crippen LogP contribution in [0.5, 0.6) is 5.75 Å². The van der Waals surface area contributed by atoms with Crippen LogP contribution in [-0.2, 0) is 6.42 Å². The van der Waals surface area contributed by atoms with E-state index in [1.165, 1.54) is 0 Å². The summed E-state index contributed by atoms with van der Waals surface area (Å²) in [5, 5.41) is 3.20. The first-order valence-electron chi connectivity index (χ1n) is 6.31. The van der Waals surface area contributed by atoms with E-state index in [2.05, 4.69) is 22.2 Å². The third-order valence-corrected chi connectivity index (χ3v) is 2.64. The van der Waals surface area contributed by atoms with Gasteiger partial charge in [0.15, 0.2) is 0 Å². The summed E-state index contributed by atoms with van der Waals surface area (Å²) in [5.74, 6) is 1.64. The van der Waals surface area contributed by atoms with Crippen LogP contribution in [0.25, 0.3) is 0 Å². The maximum atomic E-state index is 5.60. The van der Waals surface area contributed by atoms with Gasteiger partial charge in [0, 0.05) is 17.4 Å². The van der Waals surface area contributed by atoms with Gasteiger partial charge in [-0.25, -0.2) is 9.97 Å². The average Bonchev–Trinajstić information content (AvgIpc) is 2.46. The monoisotopic (exact) mass is 258 g/mol. The molecule has 0 spiro atoms. The minimum absolute atomic E-state index is 0.565. The predicted molar refractivity (Wildman–Crippen MR) is 76.2 cm³/mol. The summed E-state index contributed by atoms with van der Waals surface area (Å²) in [6.45, 7) is 3.32. The van der Waals surface area contributed by atoms with E-state index in [-0.39, 0.29) is 0 Å². The normalized spacial score (nSPS) is 10.2. The van der Waals surface area contributed by atoms with Gasteiger partial charge in [-0.2, -0.15) is 0 Å². The Morgan fingerprint density at radius 1 is 1.21 bits per heavy atom. The summed E-state index contributed by atoms with van der Waals surface area (Å²) in [5.41, 5.74) is 7.36. The molecule has 0 radical (unpaired) electrons. The number of hydrogen-bond donors (Lipinski definition) is 2. The molecule has 19 heavy (non-hydrogen) atoms. The first kappa shape index (κ1) is 13.1. The Bertz CT molecular complexity index is 513. The van der Waals surface area contributed by atoms with Gasteiger partial charge >= 0.3 is 0 Å². The SMILES string of the molecule is CCc1cc(NCCOc2ccc(N)cc2)ncn1. The molecule has 2 rings (SSSR count). The molecule has 0 aliphatic heterocycles. The van der Waals surface area contributed by atoms with Crippen LogP contribution in [0, 0.1) is 0 Å². The zero-order valence-electron chi connectivity index (χ0n) is 11.0. The van der Waals surface area contributed by atoms with E-state index in [0.717, 1.165) is 29.4 Å². The number of ether oxygens (including phenoxy) is 1. The van der Waals surface area contributed by atoms with Crippen LogP contribution in [0.3, 0.4) is 0 Å². The highest BCUT2D eigenvalue weighted by molar-refractivity contribution is 5.41. The van der Waals surface area contributed by atoms with Crippen LogP contribution in [-0.4, -0.2) is 23.1 Å². The van der Waals surface area contributed by atoms with Crippen molar-refractivity contribution in [3.63, 3.8) is 0 Å². The van der Waals surface area contributed by atoms with Gasteiger partial charge in [0.05, 0.1) is 6.54 Å². The second-order valence-corrected chi connectivity index (χ2v) is 4.09. The van der Waals surface area contributed by atoms with E-state index in [0.29, 0.717) is 13.2 Å². The fraction of sp³-hybridized carbons (Fsp3) is 0.286. The van der Waals surface area contributed by atoms with Crippen molar-refractivity contribution in [3.8, 4) is 5.75 Å². The van der Waals surface area contributed by atoms with Gasteiger partial charge in [0.2, 0.25) is 0 Å². The molecule has 1 heterocycles. The summed E-state index contributed by atoms with van der Waals surface area (Å²) in [7, 11) is 0. The van der Waals surface area contributed by atoms with Crippen molar-refractivity contribution in [2.45, 2.75) is 13.3 Å². The molecule has 0 saturated carbocycles. The highest BCUT2D eigenvalue weighted by Crippen LogP contribution is 2.12. The van der Waals surface area contributed by atoms with Crippen molar-refractivity contribution in [3.05, 3.63) is 42.4 Å². The molecular weight excluding hydrogens is 240 g/mol. The van der Waals surface area contributed by atoms with E-state index in [1.54, 1.807) is 6.33 Å². The van der Waals surface area contributed by atoms with Crippen molar-refractivity contribution < 1.29 is 4.74 Å². The summed E-state index contributed by atoms with van der Waals surface area (Å²) in [4.78, 5) is 8.30. The van der Waals surface area contributed by atoms with Crippen molar-refractivity contribution >= 4 is 11.5 Å². The molecular formula is C14H18N4O. The molecule has 1 aromatic heterocycles. The molecule has 5 nitrogen and oxygen atoms in total. The maximum Gasteiger partial charge on any atom is 0.129 e. The molecule has 3 N–H and O–H groups in total. The van der Waals surface area contributed by atoms with E-state index < -0.39 is 0 Å². The second-order valence-electron chi connectivity index (χ2n) is 4.09. The number of anilines is 2. The molecule has 100 valence electrons. The van der Waals surface area contributed by atoms with Gasteiger partial charge < -0.3 is 15.8 Å². The molecule has 0 aliphatic carbocycles. The summed E-state index contributed by atoms with van der Waals surface area (Å²) in [6, 6.07) is 9.30. The summed E-state index contributed by atoms with van der Waals surface area (Å²) < 4.78 is 5.58. The number of nitrogens with two attached hydrogens (primary N) is 1. The number of aromatic nitrogens is 2. The number of aryl methyl sites for hydroxylation is 1. The fourth-order valence-corrected chi connectivity index (χ4v) is 1.60. The van der Waals surface area contributed by atoms with Crippen LogP contribution in [0.1, 0.15) is 12.6 Å². The Morgan fingerprint density at radius 2 is 2.00 bits per heavy atom. The van der Waals surface area contributed by atoms with Crippen LogP contribution in [0.15, 0.2) is 36.7 Å². The molecule has 0 unspecified atom stereocenters. The molecule has 0 saturated heterocycles. The van der Waals surface area contributed by atoms with Gasteiger partial charge in [-0.1, -0.05) is 6.92 Å². The molecule has 5 heteroatoms. The minimum atomic E-state index is 0.565. The third kappa shape index (κ3) is 4.13. The van der Waals surface area contributed by atoms with E-state index >= 15 is 0 Å². The minimum Gasteiger partial charge on any atom is -0.492 e. The first-order chi connectivity index (χ1) is 9.28. The topological polar surface area (TPSA) is 73.1 Å². The predicted octanol–water partition coefficient (Wildman–Crippen LogP) is 2.11. The highest BCUT2D eigenvalue weighted by atomic mass is 16.5. The van der Waals surface area contributed by atoms with Gasteiger partial charge in [0.1, 0.15) is 24.5 Å². The van der Waals surface area contributed by atoms with Gasteiger partial charge in [0.25, 0.3) is 0 Å². The van der Waals surface area contributed by atoms with Gasteiger partial charge in [-0.05, 0) is 30.7 Å². The van der Waals surface area contributed by atoms with Crippen LogP contribution < -0.4 is 15.8 Å². The number of hydrogen-bond acceptors (Lipinski definition) is 5. The lowest BCUT2D eigenvalue weighted by molar-refractivity contribution is 0.333. The second kappa shape index (κ2) is 6.58. The quantitative estimate of drug-likeness (QED) is 0.613. The molecule has 0 aliphatic rings. The van der Waals surface area contributed by atoms with Crippen LogP contribution in [0.4, 0.5) is 11.5 Å². The lowest BCUT2D eigenvalue weighted by Crippen LogP contribution is -2.12. The standard InChI is InChI=1S/C14H18N4O/c1-2-12-9-14(18-10-17-12)16-7-8-19-13-5-3-11(15)4-6-13/h3-6,9-10H,2,7-8,15H2,1H3,(H,16,17,18). The molecule has 0 fully saturated rings. The number of nitrogens with one attached hydrogen (secondary N) is 1. The third-order valence-electron chi connectivity index (χ3n) is 2.64. The van der Waals surface area contributed by atoms with Crippen molar-refractivity contribution in [1.29, 1.82) is 0 Å². The van der Waals surface area contributed by atoms with Crippen LogP contribution >= 0.6 is 0 Å².